The summed E-state index contributed by atoms with van der Waals surface area (Å²) in [4.78, 5) is 65.6. The first kappa shape index (κ1) is 21.4. The molecule has 1 fully saturated rings. The Morgan fingerprint density at radius 2 is 1.72 bits per heavy atom. The van der Waals surface area contributed by atoms with Crippen molar-refractivity contribution in [3.05, 3.63) is 65.2 Å². The maximum Gasteiger partial charge on any atom is 0.321 e. The Balaban J connectivity index is 1.56. The van der Waals surface area contributed by atoms with Crippen LogP contribution in [0, 0.1) is 0 Å². The molecule has 8 nitrogen and oxygen atoms in total. The van der Waals surface area contributed by atoms with E-state index in [0.29, 0.717) is 11.3 Å². The van der Waals surface area contributed by atoms with Crippen LogP contribution in [-0.2, 0) is 16.1 Å². The first-order valence-electron chi connectivity index (χ1n) is 10.5. The number of carbonyl (C=O) groups is 5. The number of para-hydroxylation sites is 1. The van der Waals surface area contributed by atoms with E-state index in [0.717, 1.165) is 4.90 Å². The van der Waals surface area contributed by atoms with Gasteiger partial charge < -0.3 is 10.2 Å². The van der Waals surface area contributed by atoms with Gasteiger partial charge in [-0.25, -0.2) is 4.79 Å². The van der Waals surface area contributed by atoms with E-state index in [1.54, 1.807) is 49.5 Å². The third-order valence-corrected chi connectivity index (χ3v) is 5.84. The summed E-state index contributed by atoms with van der Waals surface area (Å²) in [5.74, 6) is -1.39. The van der Waals surface area contributed by atoms with Gasteiger partial charge in [-0.3, -0.25) is 24.1 Å². The molecule has 1 N–H and O–H groups in total. The Kier molecular flexibility index (Phi) is 5.85. The molecule has 0 aromatic heterocycles. The summed E-state index contributed by atoms with van der Waals surface area (Å²) < 4.78 is 0. The summed E-state index contributed by atoms with van der Waals surface area (Å²) in [7, 11) is 1.59. The van der Waals surface area contributed by atoms with Crippen molar-refractivity contribution in [2.45, 2.75) is 38.3 Å². The second-order valence-electron chi connectivity index (χ2n) is 8.03. The number of imide groups is 1. The Hall–Kier alpha value is -3.81. The molecule has 4 amide bonds. The van der Waals surface area contributed by atoms with Gasteiger partial charge >= 0.3 is 6.03 Å². The number of anilines is 1. The van der Waals surface area contributed by atoms with Crippen LogP contribution in [0.25, 0.3) is 0 Å². The van der Waals surface area contributed by atoms with Crippen LogP contribution >= 0.6 is 0 Å². The van der Waals surface area contributed by atoms with E-state index in [9.17, 15) is 24.0 Å². The highest BCUT2D eigenvalue weighted by atomic mass is 16.2. The molecule has 2 aromatic carbocycles. The number of fused-ring (bicyclic) bond motifs is 1. The Morgan fingerprint density at radius 1 is 0.969 bits per heavy atom. The molecule has 2 aliphatic rings. The van der Waals surface area contributed by atoms with Gasteiger partial charge in [-0.15, -0.1) is 0 Å². The van der Waals surface area contributed by atoms with E-state index < -0.39 is 17.9 Å². The zero-order valence-electron chi connectivity index (χ0n) is 17.7. The number of nitrogens with zero attached hydrogens (tertiary/aromatic N) is 2. The number of ketones is 2. The van der Waals surface area contributed by atoms with Gasteiger partial charge in [0.25, 0.3) is 11.8 Å². The van der Waals surface area contributed by atoms with E-state index >= 15 is 0 Å². The normalized spacial score (nSPS) is 18.4. The predicted molar refractivity (Wildman–Crippen MR) is 116 cm³/mol. The van der Waals surface area contributed by atoms with Crippen molar-refractivity contribution in [2.75, 3.05) is 12.4 Å². The molecule has 0 saturated heterocycles. The van der Waals surface area contributed by atoms with Crippen LogP contribution in [0.2, 0.25) is 0 Å². The fourth-order valence-corrected chi connectivity index (χ4v) is 4.14. The summed E-state index contributed by atoms with van der Waals surface area (Å²) >= 11 is 0. The first-order chi connectivity index (χ1) is 15.4. The van der Waals surface area contributed by atoms with Gasteiger partial charge in [0.2, 0.25) is 0 Å². The smallest absolute Gasteiger partial charge is 0.321 e. The fourth-order valence-electron chi connectivity index (χ4n) is 4.14. The quantitative estimate of drug-likeness (QED) is 0.590. The Labute approximate surface area is 185 Å². The summed E-state index contributed by atoms with van der Waals surface area (Å²) in [5, 5.41) is 2.78. The van der Waals surface area contributed by atoms with Crippen molar-refractivity contribution >= 4 is 35.1 Å². The van der Waals surface area contributed by atoms with E-state index in [1.807, 2.05) is 6.07 Å². The third kappa shape index (κ3) is 4.03. The van der Waals surface area contributed by atoms with Gasteiger partial charge in [0.1, 0.15) is 5.78 Å². The average molecular weight is 433 g/mol. The molecule has 8 heteroatoms. The van der Waals surface area contributed by atoms with Crippen LogP contribution in [0.1, 0.15) is 52.0 Å². The number of carbonyl (C=O) groups excluding carboxylic acids is 5. The Morgan fingerprint density at radius 3 is 2.47 bits per heavy atom. The minimum absolute atomic E-state index is 0.0339. The lowest BCUT2D eigenvalue weighted by molar-refractivity contribution is -0.124. The van der Waals surface area contributed by atoms with Crippen LogP contribution in [0.5, 0.6) is 0 Å². The molecule has 164 valence electrons. The molecule has 0 bridgehead atoms. The summed E-state index contributed by atoms with van der Waals surface area (Å²) in [6.07, 6.45) is 0.494. The number of nitrogens with one attached hydrogen (secondary N) is 1. The van der Waals surface area contributed by atoms with E-state index in [4.69, 9.17) is 0 Å². The number of Topliss-reactive ketones (excluding diaryl/α,β-unsaturated/α-hetero) is 2. The SMILES string of the molecule is CN(Cc1cccc2c1C(=O)N(C1CCC(=O)CCC1=O)C2=O)C(=O)Nc1ccccc1. The largest absolute Gasteiger partial charge is 0.323 e. The molecule has 4 rings (SSSR count). The van der Waals surface area contributed by atoms with Crippen LogP contribution < -0.4 is 5.32 Å². The molecule has 1 aliphatic heterocycles. The standard InChI is InChI=1S/C24H23N3O5/c1-26(24(32)25-16-7-3-2-4-8-16)14-15-6-5-9-18-21(15)23(31)27(22(18)30)19-12-10-17(28)11-13-20(19)29/h2-9,19H,10-14H2,1H3,(H,25,32). The van der Waals surface area contributed by atoms with Crippen molar-refractivity contribution < 1.29 is 24.0 Å². The number of rotatable bonds is 4. The molecule has 1 atom stereocenters. The fraction of sp³-hybridized carbons (Fsp3) is 0.292. The minimum atomic E-state index is -0.930. The van der Waals surface area contributed by atoms with Crippen molar-refractivity contribution in [1.82, 2.24) is 9.80 Å². The van der Waals surface area contributed by atoms with E-state index in [1.165, 1.54) is 4.90 Å². The minimum Gasteiger partial charge on any atom is -0.323 e. The molecule has 2 aromatic rings. The molecule has 0 spiro atoms. The highest BCUT2D eigenvalue weighted by molar-refractivity contribution is 6.23. The van der Waals surface area contributed by atoms with Crippen molar-refractivity contribution in [3.63, 3.8) is 0 Å². The number of benzene rings is 2. The van der Waals surface area contributed by atoms with Gasteiger partial charge in [-0.2, -0.15) is 0 Å². The number of hydrogen-bond acceptors (Lipinski definition) is 5. The zero-order chi connectivity index (χ0) is 22.8. The van der Waals surface area contributed by atoms with Crippen molar-refractivity contribution in [2.24, 2.45) is 0 Å². The van der Waals surface area contributed by atoms with Gasteiger partial charge in [0.05, 0.1) is 17.2 Å². The van der Waals surface area contributed by atoms with Crippen LogP contribution in [0.3, 0.4) is 0 Å². The lowest BCUT2D eigenvalue weighted by Crippen LogP contribution is -2.44. The predicted octanol–water partition coefficient (Wildman–Crippen LogP) is 3.03. The zero-order valence-corrected chi connectivity index (χ0v) is 17.7. The van der Waals surface area contributed by atoms with Crippen molar-refractivity contribution in [3.8, 4) is 0 Å². The maximum absolute atomic E-state index is 13.3. The molecule has 0 radical (unpaired) electrons. The molecule has 32 heavy (non-hydrogen) atoms. The second-order valence-corrected chi connectivity index (χ2v) is 8.03. The number of urea groups is 1. The maximum atomic E-state index is 13.3. The molecular formula is C24H23N3O5. The molecule has 1 heterocycles. The van der Waals surface area contributed by atoms with E-state index in [-0.39, 0.29) is 61.0 Å². The van der Waals surface area contributed by atoms with Crippen LogP contribution in [0.4, 0.5) is 10.5 Å². The van der Waals surface area contributed by atoms with E-state index in [2.05, 4.69) is 5.32 Å². The monoisotopic (exact) mass is 433 g/mol. The highest BCUT2D eigenvalue weighted by Crippen LogP contribution is 2.31. The van der Waals surface area contributed by atoms with Gasteiger partial charge in [-0.1, -0.05) is 30.3 Å². The number of amides is 4. The van der Waals surface area contributed by atoms with Crippen LogP contribution in [0.15, 0.2) is 48.5 Å². The summed E-state index contributed by atoms with van der Waals surface area (Å²) in [6, 6.07) is 12.6. The summed E-state index contributed by atoms with van der Waals surface area (Å²) in [5.41, 5.74) is 1.58. The number of hydrogen-bond donors (Lipinski definition) is 1. The average Bonchev–Trinajstić information content (AvgIpc) is 2.92. The topological polar surface area (TPSA) is 104 Å². The van der Waals surface area contributed by atoms with Crippen LogP contribution in [-0.4, -0.2) is 52.3 Å². The summed E-state index contributed by atoms with van der Waals surface area (Å²) in [6.45, 7) is 0.103. The molecular weight excluding hydrogens is 410 g/mol. The van der Waals surface area contributed by atoms with Gasteiger partial charge in [0, 0.05) is 38.5 Å². The highest BCUT2D eigenvalue weighted by Gasteiger charge is 2.44. The molecule has 1 saturated carbocycles. The van der Waals surface area contributed by atoms with Crippen molar-refractivity contribution in [1.29, 1.82) is 0 Å². The molecule has 1 unspecified atom stereocenters. The Bertz CT molecular complexity index is 1110. The lowest BCUT2D eigenvalue weighted by Gasteiger charge is -2.23. The van der Waals surface area contributed by atoms with Gasteiger partial charge in [-0.05, 0) is 30.2 Å². The van der Waals surface area contributed by atoms with Gasteiger partial charge in [0.15, 0.2) is 5.78 Å². The first-order valence-corrected chi connectivity index (χ1v) is 10.5. The third-order valence-electron chi connectivity index (χ3n) is 5.84. The molecule has 1 aliphatic carbocycles. The lowest BCUT2D eigenvalue weighted by atomic mass is 10.0. The second kappa shape index (κ2) is 8.74.